The van der Waals surface area contributed by atoms with Gasteiger partial charge in [-0.15, -0.1) is 11.8 Å². The predicted molar refractivity (Wildman–Crippen MR) is 136 cm³/mol. The van der Waals surface area contributed by atoms with Gasteiger partial charge < -0.3 is 5.32 Å². The summed E-state index contributed by atoms with van der Waals surface area (Å²) in [6.07, 6.45) is 3.49. The summed E-state index contributed by atoms with van der Waals surface area (Å²) in [7, 11) is 0. The van der Waals surface area contributed by atoms with Gasteiger partial charge >= 0.3 is 0 Å². The van der Waals surface area contributed by atoms with E-state index in [1.807, 2.05) is 47.4 Å². The van der Waals surface area contributed by atoms with Crippen molar-refractivity contribution >= 4 is 35.0 Å². The summed E-state index contributed by atoms with van der Waals surface area (Å²) in [6, 6.07) is 16.1. The summed E-state index contributed by atoms with van der Waals surface area (Å²) < 4.78 is 0. The number of amides is 2. The lowest BCUT2D eigenvalue weighted by atomic mass is 9.84. The molecule has 0 radical (unpaired) electrons. The molecule has 5 heteroatoms. The van der Waals surface area contributed by atoms with Crippen molar-refractivity contribution in [2.75, 3.05) is 16.0 Å². The van der Waals surface area contributed by atoms with Crippen molar-refractivity contribution in [3.63, 3.8) is 0 Å². The number of anilines is 2. The fourth-order valence-corrected chi connectivity index (χ4v) is 5.73. The van der Waals surface area contributed by atoms with E-state index in [0.717, 1.165) is 36.2 Å². The van der Waals surface area contributed by atoms with Gasteiger partial charge in [0.15, 0.2) is 0 Å². The van der Waals surface area contributed by atoms with Gasteiger partial charge in [0.25, 0.3) is 0 Å². The number of hydrogen-bond acceptors (Lipinski definition) is 3. The van der Waals surface area contributed by atoms with Crippen LogP contribution in [0.1, 0.15) is 70.4 Å². The minimum Gasteiger partial charge on any atom is -0.326 e. The third-order valence-electron chi connectivity index (χ3n) is 5.59. The molecule has 0 aromatic heterocycles. The van der Waals surface area contributed by atoms with Crippen LogP contribution in [0.5, 0.6) is 0 Å². The topological polar surface area (TPSA) is 49.4 Å². The van der Waals surface area contributed by atoms with Gasteiger partial charge in [-0.1, -0.05) is 71.4 Å². The van der Waals surface area contributed by atoms with Crippen molar-refractivity contribution in [3.8, 4) is 0 Å². The first kappa shape index (κ1) is 24.4. The minimum atomic E-state index is -0.0860. The molecule has 32 heavy (non-hydrogen) atoms. The molecule has 172 valence electrons. The molecule has 0 saturated carbocycles. The van der Waals surface area contributed by atoms with Crippen LogP contribution in [0.4, 0.5) is 11.4 Å². The molecular formula is C27H36N2O2S. The second-order valence-corrected chi connectivity index (χ2v) is 11.1. The number of benzene rings is 2. The van der Waals surface area contributed by atoms with Crippen LogP contribution in [0.15, 0.2) is 48.5 Å². The molecule has 0 unspecified atom stereocenters. The Morgan fingerprint density at radius 2 is 1.94 bits per heavy atom. The number of rotatable bonds is 8. The largest absolute Gasteiger partial charge is 0.326 e. The van der Waals surface area contributed by atoms with Crippen LogP contribution < -0.4 is 10.2 Å². The van der Waals surface area contributed by atoms with Crippen LogP contribution in [-0.4, -0.2) is 17.6 Å². The molecule has 3 rings (SSSR count). The first-order chi connectivity index (χ1) is 15.2. The number of nitrogens with zero attached hydrogens (tertiary/aromatic N) is 1. The molecule has 1 fully saturated rings. The van der Waals surface area contributed by atoms with Gasteiger partial charge in [-0.2, -0.15) is 0 Å². The average molecular weight is 453 g/mol. The van der Waals surface area contributed by atoms with E-state index in [2.05, 4.69) is 46.0 Å². The van der Waals surface area contributed by atoms with E-state index >= 15 is 0 Å². The predicted octanol–water partition coefficient (Wildman–Crippen LogP) is 6.82. The maximum Gasteiger partial charge on any atom is 0.238 e. The number of carbonyl (C=O) groups is 2. The van der Waals surface area contributed by atoms with E-state index in [0.29, 0.717) is 18.1 Å². The lowest BCUT2D eigenvalue weighted by Gasteiger charge is -2.27. The Morgan fingerprint density at radius 1 is 1.19 bits per heavy atom. The smallest absolute Gasteiger partial charge is 0.238 e. The van der Waals surface area contributed by atoms with Crippen LogP contribution in [0.2, 0.25) is 0 Å². The molecule has 1 saturated heterocycles. The van der Waals surface area contributed by atoms with Crippen molar-refractivity contribution in [3.05, 3.63) is 59.7 Å². The normalized spacial score (nSPS) is 17.5. The van der Waals surface area contributed by atoms with Gasteiger partial charge in [0.05, 0.1) is 5.75 Å². The molecule has 1 aliphatic rings. The zero-order valence-electron chi connectivity index (χ0n) is 20.0. The second kappa shape index (κ2) is 10.6. The first-order valence-corrected chi connectivity index (χ1v) is 12.6. The summed E-state index contributed by atoms with van der Waals surface area (Å²) in [5, 5.41) is 2.98. The quantitative estimate of drug-likeness (QED) is 0.478. The fraction of sp³-hybridized carbons (Fsp3) is 0.481. The number of hydrogen-bond donors (Lipinski definition) is 1. The Labute approximate surface area is 197 Å². The van der Waals surface area contributed by atoms with Crippen LogP contribution in [0.25, 0.3) is 0 Å². The standard InChI is InChI=1S/C27H36N2O2S/c1-6-10-20-11-7-8-14-23(20)29-25(31)18-32-26(29)21-12-9-13-22(16-21)28-24(30)15-19(2)17-27(3,4)5/h7-9,11-14,16,19,26H,6,10,15,17-18H2,1-5H3,(H,28,30)/t19-,26+/m0/s1. The Balaban J connectivity index is 1.77. The van der Waals surface area contributed by atoms with Gasteiger partial charge in [-0.3, -0.25) is 14.5 Å². The van der Waals surface area contributed by atoms with Crippen molar-refractivity contribution in [2.24, 2.45) is 11.3 Å². The van der Waals surface area contributed by atoms with Gasteiger partial charge in [0.2, 0.25) is 11.8 Å². The van der Waals surface area contributed by atoms with Crippen LogP contribution in [0.3, 0.4) is 0 Å². The lowest BCUT2D eigenvalue weighted by molar-refractivity contribution is -0.117. The molecule has 2 aromatic rings. The maximum absolute atomic E-state index is 12.8. The molecule has 2 amide bonds. The van der Waals surface area contributed by atoms with Crippen molar-refractivity contribution in [1.82, 2.24) is 0 Å². The highest BCUT2D eigenvalue weighted by Gasteiger charge is 2.35. The molecule has 1 N–H and O–H groups in total. The van der Waals surface area contributed by atoms with Crippen LogP contribution in [-0.2, 0) is 16.0 Å². The second-order valence-electron chi connectivity index (χ2n) is 10.1. The fourth-order valence-electron chi connectivity index (χ4n) is 4.57. The molecular weight excluding hydrogens is 416 g/mol. The number of aryl methyl sites for hydroxylation is 1. The highest BCUT2D eigenvalue weighted by atomic mass is 32.2. The summed E-state index contributed by atoms with van der Waals surface area (Å²) in [4.78, 5) is 27.4. The zero-order chi connectivity index (χ0) is 23.3. The number of para-hydroxylation sites is 1. The highest BCUT2D eigenvalue weighted by molar-refractivity contribution is 8.00. The summed E-state index contributed by atoms with van der Waals surface area (Å²) >= 11 is 1.64. The Bertz CT molecular complexity index is 951. The van der Waals surface area contributed by atoms with Crippen molar-refractivity contribution < 1.29 is 9.59 Å². The summed E-state index contributed by atoms with van der Waals surface area (Å²) in [5.41, 5.74) is 4.24. The van der Waals surface area contributed by atoms with E-state index in [9.17, 15) is 9.59 Å². The highest BCUT2D eigenvalue weighted by Crippen LogP contribution is 2.43. The monoisotopic (exact) mass is 452 g/mol. The van der Waals surface area contributed by atoms with Crippen LogP contribution in [0, 0.1) is 11.3 Å². The first-order valence-electron chi connectivity index (χ1n) is 11.6. The Kier molecular flexibility index (Phi) is 8.05. The van der Waals surface area contributed by atoms with Crippen molar-refractivity contribution in [1.29, 1.82) is 0 Å². The molecule has 2 atom stereocenters. The molecule has 4 nitrogen and oxygen atoms in total. The number of nitrogens with one attached hydrogen (secondary N) is 1. The molecule has 0 aliphatic carbocycles. The molecule has 0 spiro atoms. The minimum absolute atomic E-state index is 0.0409. The summed E-state index contributed by atoms with van der Waals surface area (Å²) in [5.74, 6) is 0.964. The van der Waals surface area contributed by atoms with Crippen LogP contribution >= 0.6 is 11.8 Å². The van der Waals surface area contributed by atoms with Gasteiger partial charge in [-0.25, -0.2) is 0 Å². The molecule has 1 aliphatic heterocycles. The van der Waals surface area contributed by atoms with Crippen molar-refractivity contribution in [2.45, 2.75) is 65.7 Å². The molecule has 1 heterocycles. The third-order valence-corrected chi connectivity index (χ3v) is 6.80. The van der Waals surface area contributed by atoms with Gasteiger partial charge in [-0.05, 0) is 53.5 Å². The van der Waals surface area contributed by atoms with Gasteiger partial charge in [0.1, 0.15) is 5.37 Å². The SMILES string of the molecule is CCCc1ccccc1N1C(=O)CS[C@@H]1c1cccc(NC(=O)C[C@H](C)CC(C)(C)C)c1. The maximum atomic E-state index is 12.8. The van der Waals surface area contributed by atoms with E-state index in [4.69, 9.17) is 0 Å². The average Bonchev–Trinajstić information content (AvgIpc) is 3.08. The molecule has 0 bridgehead atoms. The third kappa shape index (κ3) is 6.38. The Hall–Kier alpha value is -2.27. The zero-order valence-corrected chi connectivity index (χ0v) is 20.8. The van der Waals surface area contributed by atoms with E-state index in [-0.39, 0.29) is 22.6 Å². The lowest BCUT2D eigenvalue weighted by Crippen LogP contribution is -2.28. The number of thioether (sulfide) groups is 1. The summed E-state index contributed by atoms with van der Waals surface area (Å²) in [6.45, 7) is 10.9. The van der Waals surface area contributed by atoms with E-state index < -0.39 is 0 Å². The number of carbonyl (C=O) groups excluding carboxylic acids is 2. The Morgan fingerprint density at radius 3 is 2.66 bits per heavy atom. The van der Waals surface area contributed by atoms with Gasteiger partial charge in [0, 0.05) is 17.8 Å². The van der Waals surface area contributed by atoms with E-state index in [1.54, 1.807) is 11.8 Å². The van der Waals surface area contributed by atoms with E-state index in [1.165, 1.54) is 5.56 Å². The molecule has 2 aromatic carbocycles.